The van der Waals surface area contributed by atoms with E-state index in [0.29, 0.717) is 10.8 Å². The first-order valence-electron chi connectivity index (χ1n) is 6.46. The maximum atomic E-state index is 2.50. The van der Waals surface area contributed by atoms with E-state index in [4.69, 9.17) is 0 Å². The Labute approximate surface area is 95.1 Å². The largest absolute Gasteiger partial charge is 0.119 e. The standard InChI is InChI=1S/C15H25/c1-12-7-10-15(11-8-12)13(2)6-5-9-14(15,3)4/h7H,5-6,8-11H2,1-4H3/q+1. The van der Waals surface area contributed by atoms with Gasteiger partial charge in [-0.05, 0) is 32.6 Å². The molecule has 0 heteroatoms. The second-order valence-corrected chi connectivity index (χ2v) is 6.35. The van der Waals surface area contributed by atoms with Gasteiger partial charge in [-0.15, -0.1) is 0 Å². The molecule has 0 heterocycles. The molecule has 15 heavy (non-hydrogen) atoms. The minimum Gasteiger partial charge on any atom is -0.0808 e. The van der Waals surface area contributed by atoms with E-state index in [2.05, 4.69) is 33.8 Å². The Hall–Kier alpha value is -0.390. The zero-order valence-electron chi connectivity index (χ0n) is 10.8. The highest BCUT2D eigenvalue weighted by atomic mass is 14.5. The Balaban J connectivity index is 2.30. The lowest BCUT2D eigenvalue weighted by Crippen LogP contribution is -2.45. The maximum absolute atomic E-state index is 2.50. The Kier molecular flexibility index (Phi) is 2.65. The molecule has 0 aliphatic heterocycles. The van der Waals surface area contributed by atoms with E-state index in [9.17, 15) is 0 Å². The van der Waals surface area contributed by atoms with Gasteiger partial charge in [-0.25, -0.2) is 0 Å². The van der Waals surface area contributed by atoms with Crippen molar-refractivity contribution in [3.8, 4) is 0 Å². The molecule has 2 aliphatic rings. The highest BCUT2D eigenvalue weighted by molar-refractivity contribution is 5.20. The monoisotopic (exact) mass is 205 g/mol. The molecule has 0 saturated heterocycles. The summed E-state index contributed by atoms with van der Waals surface area (Å²) in [5.74, 6) is 1.78. The van der Waals surface area contributed by atoms with Crippen molar-refractivity contribution in [2.75, 3.05) is 0 Å². The molecule has 84 valence electrons. The van der Waals surface area contributed by atoms with Crippen molar-refractivity contribution >= 4 is 0 Å². The van der Waals surface area contributed by atoms with Crippen molar-refractivity contribution in [1.29, 1.82) is 0 Å². The summed E-state index contributed by atoms with van der Waals surface area (Å²) in [6.07, 6.45) is 10.7. The molecule has 0 radical (unpaired) electrons. The molecule has 0 nitrogen and oxygen atoms in total. The van der Waals surface area contributed by atoms with Crippen molar-refractivity contribution in [3.05, 3.63) is 17.6 Å². The molecule has 2 aliphatic carbocycles. The fraction of sp³-hybridized carbons (Fsp3) is 0.800. The number of hydrogen-bond acceptors (Lipinski definition) is 0. The van der Waals surface area contributed by atoms with Crippen LogP contribution in [0.5, 0.6) is 0 Å². The first-order valence-corrected chi connectivity index (χ1v) is 6.46. The van der Waals surface area contributed by atoms with Crippen molar-refractivity contribution in [2.24, 2.45) is 10.8 Å². The van der Waals surface area contributed by atoms with Crippen LogP contribution in [0.15, 0.2) is 11.6 Å². The van der Waals surface area contributed by atoms with Gasteiger partial charge >= 0.3 is 0 Å². The summed E-state index contributed by atoms with van der Waals surface area (Å²) in [6.45, 7) is 9.68. The fourth-order valence-corrected chi connectivity index (χ4v) is 3.82. The van der Waals surface area contributed by atoms with E-state index in [1.165, 1.54) is 38.5 Å². The SMILES string of the molecule is CC1=CCC2(CC1)[C+](C)CCCC2(C)C. The summed E-state index contributed by atoms with van der Waals surface area (Å²) in [5, 5.41) is 0. The minimum atomic E-state index is 0.520. The molecule has 0 aromatic rings. The van der Waals surface area contributed by atoms with Crippen LogP contribution in [0.4, 0.5) is 0 Å². The molecule has 2 rings (SSSR count). The molecule has 0 N–H and O–H groups in total. The van der Waals surface area contributed by atoms with Gasteiger partial charge in [0.25, 0.3) is 0 Å². The highest BCUT2D eigenvalue weighted by Gasteiger charge is 2.58. The molecule has 1 fully saturated rings. The van der Waals surface area contributed by atoms with Gasteiger partial charge in [-0.3, -0.25) is 0 Å². The van der Waals surface area contributed by atoms with Crippen LogP contribution >= 0.6 is 0 Å². The van der Waals surface area contributed by atoms with Crippen molar-refractivity contribution in [1.82, 2.24) is 0 Å². The van der Waals surface area contributed by atoms with Gasteiger partial charge in [0.1, 0.15) is 5.41 Å². The van der Waals surface area contributed by atoms with Crippen LogP contribution in [0.25, 0.3) is 0 Å². The van der Waals surface area contributed by atoms with E-state index in [-0.39, 0.29) is 0 Å². The highest BCUT2D eigenvalue weighted by Crippen LogP contribution is 2.60. The van der Waals surface area contributed by atoms with Crippen molar-refractivity contribution in [3.63, 3.8) is 0 Å². The lowest BCUT2D eigenvalue weighted by atomic mass is 9.49. The average Bonchev–Trinajstić information content (AvgIpc) is 2.16. The van der Waals surface area contributed by atoms with Gasteiger partial charge in [0.15, 0.2) is 0 Å². The zero-order valence-corrected chi connectivity index (χ0v) is 10.8. The van der Waals surface area contributed by atoms with Crippen LogP contribution in [0.1, 0.15) is 66.2 Å². The number of rotatable bonds is 0. The summed E-state index contributed by atoms with van der Waals surface area (Å²) in [6, 6.07) is 0. The number of allylic oxidation sites excluding steroid dienone is 2. The van der Waals surface area contributed by atoms with E-state index in [1.54, 1.807) is 11.5 Å². The first-order chi connectivity index (χ1) is 6.98. The molecular weight excluding hydrogens is 180 g/mol. The van der Waals surface area contributed by atoms with Gasteiger partial charge < -0.3 is 0 Å². The van der Waals surface area contributed by atoms with Crippen molar-refractivity contribution < 1.29 is 0 Å². The molecule has 0 aromatic heterocycles. The second-order valence-electron chi connectivity index (χ2n) is 6.35. The van der Waals surface area contributed by atoms with Crippen LogP contribution in [-0.2, 0) is 0 Å². The van der Waals surface area contributed by atoms with E-state index in [1.807, 2.05) is 0 Å². The first kappa shape index (κ1) is 11.1. The smallest absolute Gasteiger partial charge is 0.0808 e. The van der Waals surface area contributed by atoms with Crippen LogP contribution in [-0.4, -0.2) is 0 Å². The Bertz CT molecular complexity index is 272. The number of hydrogen-bond donors (Lipinski definition) is 0. The molecule has 1 atom stereocenters. The van der Waals surface area contributed by atoms with Crippen LogP contribution in [0.2, 0.25) is 0 Å². The Morgan fingerprint density at radius 3 is 2.53 bits per heavy atom. The van der Waals surface area contributed by atoms with Gasteiger partial charge in [0, 0.05) is 11.8 Å². The lowest BCUT2D eigenvalue weighted by Gasteiger charge is -2.48. The molecule has 0 amide bonds. The average molecular weight is 205 g/mol. The Morgan fingerprint density at radius 2 is 2.00 bits per heavy atom. The third-order valence-corrected chi connectivity index (χ3v) is 5.21. The predicted octanol–water partition coefficient (Wildman–Crippen LogP) is 4.91. The summed E-state index contributed by atoms with van der Waals surface area (Å²) >= 11 is 0. The van der Waals surface area contributed by atoms with Gasteiger partial charge in [-0.2, -0.15) is 0 Å². The van der Waals surface area contributed by atoms with E-state index < -0.39 is 0 Å². The molecule has 1 unspecified atom stereocenters. The third-order valence-electron chi connectivity index (χ3n) is 5.21. The van der Waals surface area contributed by atoms with Crippen LogP contribution in [0, 0.1) is 16.7 Å². The lowest BCUT2D eigenvalue weighted by molar-refractivity contribution is 0.0301. The summed E-state index contributed by atoms with van der Waals surface area (Å²) in [5.41, 5.74) is 2.66. The molecule has 1 saturated carbocycles. The van der Waals surface area contributed by atoms with Crippen LogP contribution < -0.4 is 0 Å². The predicted molar refractivity (Wildman–Crippen MR) is 66.6 cm³/mol. The van der Waals surface area contributed by atoms with E-state index >= 15 is 0 Å². The van der Waals surface area contributed by atoms with Crippen LogP contribution in [0.3, 0.4) is 0 Å². The zero-order chi connectivity index (χ0) is 11.1. The normalized spacial score (nSPS) is 35.5. The second kappa shape index (κ2) is 3.57. The summed E-state index contributed by atoms with van der Waals surface area (Å²) < 4.78 is 0. The minimum absolute atomic E-state index is 0.520. The topological polar surface area (TPSA) is 0 Å². The van der Waals surface area contributed by atoms with Gasteiger partial charge in [-0.1, -0.05) is 25.5 Å². The third kappa shape index (κ3) is 1.62. The maximum Gasteiger partial charge on any atom is 0.119 e. The molecule has 1 spiro atoms. The molecule has 0 bridgehead atoms. The Morgan fingerprint density at radius 1 is 1.27 bits per heavy atom. The van der Waals surface area contributed by atoms with Gasteiger partial charge in [0.2, 0.25) is 0 Å². The quantitative estimate of drug-likeness (QED) is 0.389. The molecular formula is C15H25+. The molecule has 0 aromatic carbocycles. The fourth-order valence-electron chi connectivity index (χ4n) is 3.82. The van der Waals surface area contributed by atoms with Crippen molar-refractivity contribution in [2.45, 2.75) is 66.2 Å². The van der Waals surface area contributed by atoms with E-state index in [0.717, 1.165) is 0 Å². The summed E-state index contributed by atoms with van der Waals surface area (Å²) in [7, 11) is 0. The van der Waals surface area contributed by atoms with Gasteiger partial charge in [0.05, 0.1) is 19.3 Å². The summed E-state index contributed by atoms with van der Waals surface area (Å²) in [4.78, 5) is 0.